The van der Waals surface area contributed by atoms with Crippen molar-refractivity contribution in [3.63, 3.8) is 0 Å². The van der Waals surface area contributed by atoms with Crippen molar-refractivity contribution in [2.75, 3.05) is 0 Å². The van der Waals surface area contributed by atoms with Crippen LogP contribution in [0.4, 0.5) is 26.3 Å². The van der Waals surface area contributed by atoms with Crippen molar-refractivity contribution >= 4 is 25.7 Å². The lowest BCUT2D eigenvalue weighted by Crippen LogP contribution is -2.29. The van der Waals surface area contributed by atoms with Gasteiger partial charge in [0.1, 0.15) is 0 Å². The summed E-state index contributed by atoms with van der Waals surface area (Å²) < 4.78 is 91.3. The number of rotatable bonds is 3. The van der Waals surface area contributed by atoms with Crippen LogP contribution in [0, 0.1) is 0 Å². The zero-order valence-corrected chi connectivity index (χ0v) is 9.97. The lowest BCUT2D eigenvalue weighted by Gasteiger charge is -2.16. The maximum absolute atomic E-state index is 11.8. The molecule has 7 nitrogen and oxygen atoms in total. The van der Waals surface area contributed by atoms with Gasteiger partial charge in [-0.15, -0.1) is 0 Å². The molecule has 0 aliphatic heterocycles. The topological polar surface area (TPSA) is 96.0 Å². The first-order valence-electron chi connectivity index (χ1n) is 4.09. The van der Waals surface area contributed by atoms with E-state index in [2.05, 4.69) is 13.6 Å². The van der Waals surface area contributed by atoms with Gasteiger partial charge in [-0.05, 0) is 0 Å². The molecular weight excluding hydrogens is 329 g/mol. The van der Waals surface area contributed by atoms with Crippen molar-refractivity contribution in [1.29, 1.82) is 0 Å². The van der Waals surface area contributed by atoms with Gasteiger partial charge in [-0.3, -0.25) is 4.79 Å². The molecule has 0 spiro atoms. The third-order valence-electron chi connectivity index (χ3n) is 1.09. The van der Waals surface area contributed by atoms with Crippen LogP contribution >= 0.6 is 7.82 Å². The van der Waals surface area contributed by atoms with E-state index in [9.17, 15) is 45.3 Å². The number of alkyl halides is 6. The molecule has 0 amide bonds. The number of carbonyl (C=O) groups excluding carboxylic acids is 3. The number of phosphoric ester groups is 1. The SMILES string of the molecule is CC(=O)OP(=O)(OC(=O)C(F)(F)F)OC(=O)C(F)(F)F. The minimum atomic E-state index is -6.07. The fourth-order valence-corrected chi connectivity index (χ4v) is 1.56. The quantitative estimate of drug-likeness (QED) is 0.575. The molecule has 0 N–H and O–H groups in total. The number of hydrogen-bond acceptors (Lipinski definition) is 7. The summed E-state index contributed by atoms with van der Waals surface area (Å²) in [6.07, 6.45) is -11.6. The van der Waals surface area contributed by atoms with Crippen LogP contribution in [0.15, 0.2) is 0 Å². The fourth-order valence-electron chi connectivity index (χ4n) is 0.520. The van der Waals surface area contributed by atoms with Crippen LogP contribution in [0.3, 0.4) is 0 Å². The summed E-state index contributed by atoms with van der Waals surface area (Å²) >= 11 is 0. The van der Waals surface area contributed by atoms with Crippen molar-refractivity contribution in [2.45, 2.75) is 19.3 Å². The van der Waals surface area contributed by atoms with Gasteiger partial charge in [0.25, 0.3) is 0 Å². The monoisotopic (exact) mass is 332 g/mol. The molecule has 0 aromatic rings. The van der Waals surface area contributed by atoms with Gasteiger partial charge in [0.2, 0.25) is 0 Å². The Kier molecular flexibility index (Phi) is 5.18. The summed E-state index contributed by atoms with van der Waals surface area (Å²) in [6, 6.07) is 0. The summed E-state index contributed by atoms with van der Waals surface area (Å²) in [5, 5.41) is 0. The van der Waals surface area contributed by atoms with Crippen molar-refractivity contribution in [1.82, 2.24) is 0 Å². The first kappa shape index (κ1) is 18.2. The number of hydrogen-bond donors (Lipinski definition) is 0. The summed E-state index contributed by atoms with van der Waals surface area (Å²) in [7, 11) is -6.07. The minimum absolute atomic E-state index is 0.398. The van der Waals surface area contributed by atoms with Crippen molar-refractivity contribution in [3.05, 3.63) is 0 Å². The first-order chi connectivity index (χ1) is 8.67. The van der Waals surface area contributed by atoms with Crippen molar-refractivity contribution in [3.8, 4) is 0 Å². The maximum Gasteiger partial charge on any atom is 0.654 e. The van der Waals surface area contributed by atoms with E-state index >= 15 is 0 Å². The molecule has 0 saturated heterocycles. The molecular formula is C6H3F6O7P. The second-order valence-electron chi connectivity index (χ2n) is 2.78. The highest BCUT2D eigenvalue weighted by atomic mass is 31.2. The van der Waals surface area contributed by atoms with Gasteiger partial charge in [-0.2, -0.15) is 30.9 Å². The minimum Gasteiger partial charge on any atom is -0.352 e. The van der Waals surface area contributed by atoms with Crippen LogP contribution in [0.5, 0.6) is 0 Å². The Morgan fingerprint density at radius 1 is 0.800 bits per heavy atom. The Bertz CT molecular complexity index is 433. The Morgan fingerprint density at radius 2 is 1.10 bits per heavy atom. The summed E-state index contributed by atoms with van der Waals surface area (Å²) in [6.45, 7) is 0.398. The highest BCUT2D eigenvalue weighted by Crippen LogP contribution is 2.52. The van der Waals surface area contributed by atoms with Crippen LogP contribution in [-0.2, 0) is 32.5 Å². The van der Waals surface area contributed by atoms with E-state index in [4.69, 9.17) is 0 Å². The summed E-state index contributed by atoms with van der Waals surface area (Å²) in [4.78, 5) is 31.0. The molecule has 0 bridgehead atoms. The fraction of sp³-hybridized carbons (Fsp3) is 0.500. The third-order valence-corrected chi connectivity index (χ3v) is 2.35. The van der Waals surface area contributed by atoms with E-state index < -0.39 is 38.1 Å². The number of phosphoric acid groups is 1. The average Bonchev–Trinajstić information content (AvgIpc) is 2.11. The lowest BCUT2D eigenvalue weighted by atomic mass is 10.7. The molecule has 0 aliphatic carbocycles. The molecule has 0 aromatic carbocycles. The van der Waals surface area contributed by atoms with E-state index in [-0.39, 0.29) is 0 Å². The normalized spacial score (nSPS) is 12.6. The molecule has 0 radical (unpaired) electrons. The average molecular weight is 332 g/mol. The molecule has 14 heteroatoms. The van der Waals surface area contributed by atoms with E-state index in [0.717, 1.165) is 0 Å². The van der Waals surface area contributed by atoms with Gasteiger partial charge < -0.3 is 13.6 Å². The van der Waals surface area contributed by atoms with Gasteiger partial charge in [0.05, 0.1) is 0 Å². The molecule has 0 aliphatic rings. The van der Waals surface area contributed by atoms with Crippen LogP contribution in [0.2, 0.25) is 0 Å². The first-order valence-corrected chi connectivity index (χ1v) is 5.55. The van der Waals surface area contributed by atoms with Crippen molar-refractivity contribution in [2.24, 2.45) is 0 Å². The largest absolute Gasteiger partial charge is 0.654 e. The summed E-state index contributed by atoms with van der Waals surface area (Å²) in [5.74, 6) is -8.28. The molecule has 0 unspecified atom stereocenters. The lowest BCUT2D eigenvalue weighted by molar-refractivity contribution is -0.197. The number of carbonyl (C=O) groups is 3. The second-order valence-corrected chi connectivity index (χ2v) is 4.23. The molecule has 20 heavy (non-hydrogen) atoms. The van der Waals surface area contributed by atoms with Gasteiger partial charge in [-0.25, -0.2) is 9.59 Å². The molecule has 0 atom stereocenters. The Hall–Kier alpha value is -1.78. The Morgan fingerprint density at radius 3 is 1.30 bits per heavy atom. The maximum atomic E-state index is 11.8. The van der Waals surface area contributed by atoms with E-state index in [1.54, 1.807) is 0 Å². The van der Waals surface area contributed by atoms with E-state index in [0.29, 0.717) is 6.92 Å². The molecule has 116 valence electrons. The highest BCUT2D eigenvalue weighted by molar-refractivity contribution is 7.50. The van der Waals surface area contributed by atoms with Crippen LogP contribution in [0.1, 0.15) is 6.92 Å². The zero-order chi connectivity index (χ0) is 16.4. The van der Waals surface area contributed by atoms with E-state index in [1.165, 1.54) is 0 Å². The molecule has 0 rings (SSSR count). The van der Waals surface area contributed by atoms with Crippen LogP contribution < -0.4 is 0 Å². The molecule has 0 heterocycles. The Labute approximate surface area is 105 Å². The summed E-state index contributed by atoms with van der Waals surface area (Å²) in [5.41, 5.74) is 0. The van der Waals surface area contributed by atoms with Gasteiger partial charge in [0, 0.05) is 6.92 Å². The van der Waals surface area contributed by atoms with Crippen LogP contribution in [-0.4, -0.2) is 30.3 Å². The smallest absolute Gasteiger partial charge is 0.352 e. The van der Waals surface area contributed by atoms with Gasteiger partial charge in [0.15, 0.2) is 0 Å². The predicted octanol–water partition coefficient (Wildman–Crippen LogP) is 1.87. The Balaban J connectivity index is 5.23. The van der Waals surface area contributed by atoms with Crippen LogP contribution in [0.25, 0.3) is 0 Å². The van der Waals surface area contributed by atoms with Crippen molar-refractivity contribution < 1.29 is 58.9 Å². The highest BCUT2D eigenvalue weighted by Gasteiger charge is 2.53. The molecule has 0 saturated carbocycles. The van der Waals surface area contributed by atoms with E-state index in [1.807, 2.05) is 0 Å². The zero-order valence-electron chi connectivity index (χ0n) is 9.07. The standard InChI is InChI=1S/C6H3F6O7P/c1-2(13)17-20(16,18-3(14)5(7,8)9)19-4(15)6(10,11)12/h1H3. The molecule has 0 fully saturated rings. The van der Waals surface area contributed by atoms with Gasteiger partial charge >= 0.3 is 38.1 Å². The predicted molar refractivity (Wildman–Crippen MR) is 43.7 cm³/mol. The third kappa shape index (κ3) is 5.91. The second kappa shape index (κ2) is 5.69. The number of halogens is 6. The van der Waals surface area contributed by atoms with Gasteiger partial charge in [-0.1, -0.05) is 0 Å². The molecule has 0 aromatic heterocycles.